The summed E-state index contributed by atoms with van der Waals surface area (Å²) in [5.41, 5.74) is -2.90. The van der Waals surface area contributed by atoms with Crippen LogP contribution < -0.4 is 5.32 Å². The number of aliphatic carboxylic acids is 1. The van der Waals surface area contributed by atoms with Gasteiger partial charge in [-0.3, -0.25) is 4.79 Å². The Morgan fingerprint density at radius 2 is 1.81 bits per heavy atom. The highest BCUT2D eigenvalue weighted by Gasteiger charge is 2.40. The van der Waals surface area contributed by atoms with E-state index in [1.807, 2.05) is 0 Å². The minimum atomic E-state index is -1.74. The molecule has 144 valence electrons. The van der Waals surface area contributed by atoms with E-state index in [-0.39, 0.29) is 24.8 Å². The number of halogens is 2. The van der Waals surface area contributed by atoms with E-state index in [4.69, 9.17) is 4.74 Å². The van der Waals surface area contributed by atoms with Gasteiger partial charge in [-0.25, -0.2) is 18.4 Å². The van der Waals surface area contributed by atoms with Gasteiger partial charge in [0.25, 0.3) is 0 Å². The molecule has 0 bridgehead atoms. The van der Waals surface area contributed by atoms with Crippen LogP contribution in [0.3, 0.4) is 0 Å². The van der Waals surface area contributed by atoms with Crippen molar-refractivity contribution in [2.45, 2.75) is 58.1 Å². The van der Waals surface area contributed by atoms with Gasteiger partial charge in [-0.2, -0.15) is 0 Å². The Morgan fingerprint density at radius 3 is 2.27 bits per heavy atom. The largest absolute Gasteiger partial charge is 0.480 e. The summed E-state index contributed by atoms with van der Waals surface area (Å²) in [5.74, 6) is -3.86. The first-order valence-electron chi connectivity index (χ1n) is 8.13. The van der Waals surface area contributed by atoms with E-state index in [2.05, 4.69) is 5.32 Å². The average Bonchev–Trinajstić information content (AvgIpc) is 2.49. The van der Waals surface area contributed by atoms with E-state index >= 15 is 0 Å². The maximum Gasteiger partial charge on any atom is 0.408 e. The van der Waals surface area contributed by atoms with Gasteiger partial charge in [0.2, 0.25) is 0 Å². The molecule has 0 radical (unpaired) electrons. The summed E-state index contributed by atoms with van der Waals surface area (Å²) >= 11 is 0. The van der Waals surface area contributed by atoms with E-state index in [0.29, 0.717) is 6.07 Å². The van der Waals surface area contributed by atoms with Crippen molar-refractivity contribution < 1.29 is 33.0 Å². The molecular formula is C18H23F2NO5. The lowest BCUT2D eigenvalue weighted by Gasteiger charge is -2.30. The van der Waals surface area contributed by atoms with Crippen molar-refractivity contribution in [1.82, 2.24) is 5.32 Å². The molecule has 8 heteroatoms. The second-order valence-electron chi connectivity index (χ2n) is 6.92. The zero-order chi connectivity index (χ0) is 20.1. The van der Waals surface area contributed by atoms with Crippen molar-refractivity contribution in [1.29, 1.82) is 0 Å². The number of ketones is 1. The molecule has 0 aliphatic heterocycles. The van der Waals surface area contributed by atoms with Gasteiger partial charge in [0, 0.05) is 12.5 Å². The molecule has 1 aromatic rings. The van der Waals surface area contributed by atoms with Crippen LogP contribution in [-0.2, 0) is 9.53 Å². The topological polar surface area (TPSA) is 92.7 Å². The summed E-state index contributed by atoms with van der Waals surface area (Å²) in [4.78, 5) is 35.8. The second kappa shape index (κ2) is 8.25. The quantitative estimate of drug-likeness (QED) is 0.713. The number of alkyl carbamates (subject to hydrolysis) is 1. The fourth-order valence-corrected chi connectivity index (χ4v) is 2.32. The average molecular weight is 371 g/mol. The lowest BCUT2D eigenvalue weighted by Crippen LogP contribution is -2.55. The van der Waals surface area contributed by atoms with Gasteiger partial charge in [0.15, 0.2) is 5.78 Å². The molecule has 1 rings (SSSR count). The molecule has 0 saturated carbocycles. The van der Waals surface area contributed by atoms with Crippen molar-refractivity contribution in [2.24, 2.45) is 0 Å². The van der Waals surface area contributed by atoms with Gasteiger partial charge in [0.05, 0.1) is 5.56 Å². The zero-order valence-corrected chi connectivity index (χ0v) is 15.2. The first kappa shape index (κ1) is 21.5. The first-order valence-corrected chi connectivity index (χ1v) is 8.13. The number of amides is 1. The fourth-order valence-electron chi connectivity index (χ4n) is 2.32. The molecule has 0 fully saturated rings. The molecule has 2 N–H and O–H groups in total. The number of rotatable bonds is 7. The maximum atomic E-state index is 13.7. The normalized spacial score (nSPS) is 13.6. The number of carbonyl (C=O) groups excluding carboxylic acids is 2. The van der Waals surface area contributed by atoms with E-state index in [1.54, 1.807) is 20.8 Å². The molecule has 0 unspecified atom stereocenters. The van der Waals surface area contributed by atoms with Crippen molar-refractivity contribution in [2.75, 3.05) is 0 Å². The van der Waals surface area contributed by atoms with Crippen molar-refractivity contribution >= 4 is 17.8 Å². The third kappa shape index (κ3) is 5.79. The number of nitrogens with one attached hydrogen (secondary N) is 1. The van der Waals surface area contributed by atoms with Gasteiger partial charge in [0.1, 0.15) is 22.8 Å². The highest BCUT2D eigenvalue weighted by molar-refractivity contribution is 5.97. The van der Waals surface area contributed by atoms with E-state index < -0.39 is 40.6 Å². The van der Waals surface area contributed by atoms with Gasteiger partial charge in [-0.1, -0.05) is 6.92 Å². The van der Waals surface area contributed by atoms with Crippen LogP contribution in [0.15, 0.2) is 18.2 Å². The molecule has 26 heavy (non-hydrogen) atoms. The SMILES string of the molecule is CC[C@@](CCC(=O)c1ccc(F)cc1F)(NC(=O)OC(C)(C)C)C(=O)O. The maximum absolute atomic E-state index is 13.7. The monoisotopic (exact) mass is 371 g/mol. The van der Waals surface area contributed by atoms with Gasteiger partial charge in [-0.05, 0) is 45.7 Å². The number of carboxylic acids is 1. The Bertz CT molecular complexity index is 699. The minimum Gasteiger partial charge on any atom is -0.480 e. The van der Waals surface area contributed by atoms with E-state index in [9.17, 15) is 28.3 Å². The molecule has 0 aromatic heterocycles. The number of hydrogen-bond donors (Lipinski definition) is 2. The zero-order valence-electron chi connectivity index (χ0n) is 15.2. The van der Waals surface area contributed by atoms with Crippen LogP contribution in [-0.4, -0.2) is 34.1 Å². The standard InChI is InChI=1S/C18H23F2NO5/c1-5-18(15(23)24,21-16(25)26-17(2,3)4)9-8-14(22)12-7-6-11(19)10-13(12)20/h6-7,10H,5,8-9H2,1-4H3,(H,21,25)(H,23,24)/t18-/m0/s1. The summed E-state index contributed by atoms with van der Waals surface area (Å²) in [5, 5.41) is 11.8. The van der Waals surface area contributed by atoms with Crippen LogP contribution >= 0.6 is 0 Å². The lowest BCUT2D eigenvalue weighted by molar-refractivity contribution is -0.145. The second-order valence-corrected chi connectivity index (χ2v) is 6.92. The van der Waals surface area contributed by atoms with Gasteiger partial charge < -0.3 is 15.2 Å². The van der Waals surface area contributed by atoms with E-state index in [1.165, 1.54) is 6.92 Å². The van der Waals surface area contributed by atoms with Crippen molar-refractivity contribution in [3.63, 3.8) is 0 Å². The van der Waals surface area contributed by atoms with Crippen LogP contribution in [0.2, 0.25) is 0 Å². The Labute approximate surface area is 150 Å². The minimum absolute atomic E-state index is 0.0131. The highest BCUT2D eigenvalue weighted by atomic mass is 19.1. The number of ether oxygens (including phenoxy) is 1. The Morgan fingerprint density at radius 1 is 1.19 bits per heavy atom. The molecule has 6 nitrogen and oxygen atoms in total. The molecule has 0 aliphatic carbocycles. The van der Waals surface area contributed by atoms with Crippen LogP contribution in [0.5, 0.6) is 0 Å². The predicted octanol–water partition coefficient (Wildman–Crippen LogP) is 3.69. The van der Waals surface area contributed by atoms with Crippen LogP contribution in [0.1, 0.15) is 57.3 Å². The summed E-state index contributed by atoms with van der Waals surface area (Å²) in [6.07, 6.45) is -1.56. The molecule has 0 saturated heterocycles. The number of carboxylic acid groups (broad SMARTS) is 1. The van der Waals surface area contributed by atoms with Crippen molar-refractivity contribution in [3.8, 4) is 0 Å². The van der Waals surface area contributed by atoms with Gasteiger partial charge >= 0.3 is 12.1 Å². The number of Topliss-reactive ketones (excluding diaryl/α,β-unsaturated/α-hetero) is 1. The summed E-state index contributed by atoms with van der Waals surface area (Å²) in [7, 11) is 0. The van der Waals surface area contributed by atoms with Gasteiger partial charge in [-0.15, -0.1) is 0 Å². The van der Waals surface area contributed by atoms with E-state index in [0.717, 1.165) is 12.1 Å². The van der Waals surface area contributed by atoms with Crippen LogP contribution in [0.25, 0.3) is 0 Å². The highest BCUT2D eigenvalue weighted by Crippen LogP contribution is 2.22. The van der Waals surface area contributed by atoms with Crippen LogP contribution in [0.4, 0.5) is 13.6 Å². The molecule has 1 amide bonds. The number of carbonyl (C=O) groups is 3. The number of benzene rings is 1. The molecule has 1 aromatic carbocycles. The molecular weight excluding hydrogens is 348 g/mol. The van der Waals surface area contributed by atoms with Crippen LogP contribution in [0, 0.1) is 11.6 Å². The lowest BCUT2D eigenvalue weighted by atomic mass is 9.88. The summed E-state index contributed by atoms with van der Waals surface area (Å²) in [6, 6.07) is 2.53. The first-order chi connectivity index (χ1) is 11.9. The smallest absolute Gasteiger partial charge is 0.408 e. The molecule has 0 spiro atoms. The fraction of sp³-hybridized carbons (Fsp3) is 0.500. The molecule has 1 atom stereocenters. The number of hydrogen-bond acceptors (Lipinski definition) is 4. The Balaban J connectivity index is 2.92. The van der Waals surface area contributed by atoms with Crippen molar-refractivity contribution in [3.05, 3.63) is 35.4 Å². The predicted molar refractivity (Wildman–Crippen MR) is 90.0 cm³/mol. The Kier molecular flexibility index (Phi) is 6.83. The third-order valence-corrected chi connectivity index (χ3v) is 3.76. The molecule has 0 heterocycles. The third-order valence-electron chi connectivity index (χ3n) is 3.76. The summed E-state index contributed by atoms with van der Waals surface area (Å²) < 4.78 is 31.7. The Hall–Kier alpha value is -2.51. The summed E-state index contributed by atoms with van der Waals surface area (Å²) in [6.45, 7) is 6.42. The molecule has 0 aliphatic rings.